The summed E-state index contributed by atoms with van der Waals surface area (Å²) in [5, 5.41) is 0. The minimum Gasteiger partial charge on any atom is -0.483 e. The summed E-state index contributed by atoms with van der Waals surface area (Å²) >= 11 is 0. The van der Waals surface area contributed by atoms with E-state index in [0.717, 1.165) is 49.9 Å². The molecule has 7 fully saturated rings. The highest BCUT2D eigenvalue weighted by Crippen LogP contribution is 2.65. The van der Waals surface area contributed by atoms with E-state index >= 15 is 4.79 Å². The van der Waals surface area contributed by atoms with E-state index in [1.54, 1.807) is 0 Å². The van der Waals surface area contributed by atoms with Crippen LogP contribution in [0.3, 0.4) is 0 Å². The first kappa shape index (κ1) is 37.6. The predicted octanol–water partition coefficient (Wildman–Crippen LogP) is 7.32. The molecule has 0 N–H and O–H groups in total. The van der Waals surface area contributed by atoms with Crippen LogP contribution in [0.15, 0.2) is 11.3 Å². The van der Waals surface area contributed by atoms with Gasteiger partial charge in [0.2, 0.25) is 0 Å². The number of epoxide rings is 4. The molecule has 0 radical (unpaired) electrons. The zero-order valence-corrected chi connectivity index (χ0v) is 34.3. The van der Waals surface area contributed by atoms with Crippen molar-refractivity contribution < 1.29 is 47.5 Å². The smallest absolute Gasteiger partial charge is 0.302 e. The summed E-state index contributed by atoms with van der Waals surface area (Å²) < 4.78 is 45.9. The fourth-order valence-corrected chi connectivity index (χ4v) is 13.2. The molecule has 0 amide bonds. The van der Waals surface area contributed by atoms with Crippen molar-refractivity contribution in [2.45, 2.75) is 211 Å². The first-order valence-corrected chi connectivity index (χ1v) is 21.1. The Bertz CT molecular complexity index is 1670. The molecular weight excluding hydrogens is 688 g/mol. The number of ketones is 1. The van der Waals surface area contributed by atoms with Gasteiger partial charge in [0.15, 0.2) is 11.4 Å². The third-order valence-corrected chi connectivity index (χ3v) is 16.9. The highest BCUT2D eigenvalue weighted by molar-refractivity contribution is 5.90. The van der Waals surface area contributed by atoms with Crippen LogP contribution in [0.4, 0.5) is 0 Å². The van der Waals surface area contributed by atoms with Gasteiger partial charge in [-0.2, -0.15) is 0 Å². The van der Waals surface area contributed by atoms with Gasteiger partial charge in [-0.25, -0.2) is 0 Å². The standard InChI is InChI=1S/C44H64O10/c1-23(45)48-29-21-42(9)32(51-42)12-14-40(7)34(53-40)19-25-17-28-27(36(29)38(25,3)4)11-16-44(50-28)31(47)18-26-20-35-41(8,54-35)15-13-33-43(10,52-33)22-30(49-24(2)46)37(44)39(26,5)6/h25-26,29-30,32-37H,11-22H2,1-10H3/t25-,26-,29-,30-,32-,33-,34-,35-,36-,37+,40+,41-,42-,43+,44-/m1/s1. The summed E-state index contributed by atoms with van der Waals surface area (Å²) in [6.07, 6.45) is 7.99. The lowest BCUT2D eigenvalue weighted by molar-refractivity contribution is -0.207. The van der Waals surface area contributed by atoms with E-state index in [2.05, 4.69) is 55.4 Å². The Hall–Kier alpha value is -2.01. The highest BCUT2D eigenvalue weighted by atomic mass is 16.6. The lowest BCUT2D eigenvalue weighted by Gasteiger charge is -2.60. The number of carbonyl (C=O) groups is 3. The molecule has 15 atom stereocenters. The van der Waals surface area contributed by atoms with Gasteiger partial charge in [-0.05, 0) is 107 Å². The fourth-order valence-electron chi connectivity index (χ4n) is 13.2. The molecule has 5 aliphatic heterocycles. The summed E-state index contributed by atoms with van der Waals surface area (Å²) in [6, 6.07) is 0. The van der Waals surface area contributed by atoms with Gasteiger partial charge >= 0.3 is 11.9 Å². The predicted molar refractivity (Wildman–Crippen MR) is 197 cm³/mol. The Morgan fingerprint density at radius 1 is 0.630 bits per heavy atom. The third-order valence-electron chi connectivity index (χ3n) is 16.9. The van der Waals surface area contributed by atoms with Crippen molar-refractivity contribution in [2.24, 2.45) is 34.5 Å². The van der Waals surface area contributed by atoms with Gasteiger partial charge < -0.3 is 33.2 Å². The van der Waals surface area contributed by atoms with Crippen molar-refractivity contribution >= 4 is 17.7 Å². The topological polar surface area (TPSA) is 129 Å². The van der Waals surface area contributed by atoms with Gasteiger partial charge in [0.05, 0.1) is 52.6 Å². The van der Waals surface area contributed by atoms with E-state index in [1.807, 2.05) is 0 Å². The van der Waals surface area contributed by atoms with E-state index < -0.39 is 34.7 Å². The van der Waals surface area contributed by atoms with Crippen molar-refractivity contribution in [1.29, 1.82) is 0 Å². The van der Waals surface area contributed by atoms with Crippen LogP contribution in [0.25, 0.3) is 0 Å². The molecule has 0 aromatic rings. The van der Waals surface area contributed by atoms with Crippen LogP contribution in [0, 0.1) is 34.5 Å². The SMILES string of the molecule is CC(=O)O[C@@H]1C[C@@]2(C)O[C@@H]2CC[C@]2(C)O[C@@H]2C[C@H]2CC3=C(CC[C@@]4(O3)C(=O)C[C@@H]3C[C@H]5O[C@]5(C)CC[C@H]5O[C@@]5(C)C[C@@H](OC(C)=O)[C@H]4C3(C)C)[C@H]1C2(C)C. The number of rotatable bonds is 2. The molecule has 5 heterocycles. The summed E-state index contributed by atoms with van der Waals surface area (Å²) in [5.41, 5.74) is -1.93. The van der Waals surface area contributed by atoms with Crippen molar-refractivity contribution in [3.63, 3.8) is 0 Å². The number of Topliss-reactive ketones (excluding diaryl/α,β-unsaturated/α-hetero) is 1. The largest absolute Gasteiger partial charge is 0.483 e. The second kappa shape index (κ2) is 11.8. The van der Waals surface area contributed by atoms with Gasteiger partial charge in [-0.15, -0.1) is 0 Å². The van der Waals surface area contributed by atoms with E-state index in [9.17, 15) is 9.59 Å². The molecule has 0 aromatic carbocycles. The van der Waals surface area contributed by atoms with E-state index in [4.69, 9.17) is 33.2 Å². The average Bonchev–Trinajstić information content (AvgIpc) is 4.00. The van der Waals surface area contributed by atoms with E-state index in [0.29, 0.717) is 38.5 Å². The Balaban J connectivity index is 1.14. The second-order valence-electron chi connectivity index (χ2n) is 21.2. The monoisotopic (exact) mass is 752 g/mol. The number of allylic oxidation sites excluding steroid dienone is 1. The van der Waals surface area contributed by atoms with Crippen molar-refractivity contribution in [3.8, 4) is 0 Å². The molecule has 3 saturated carbocycles. The van der Waals surface area contributed by atoms with E-state index in [-0.39, 0.29) is 82.1 Å². The molecule has 300 valence electrons. The van der Waals surface area contributed by atoms with Crippen LogP contribution >= 0.6 is 0 Å². The zero-order valence-electron chi connectivity index (χ0n) is 34.3. The van der Waals surface area contributed by atoms with Crippen LogP contribution in [0.1, 0.15) is 146 Å². The summed E-state index contributed by atoms with van der Waals surface area (Å²) in [4.78, 5) is 41.1. The molecule has 1 spiro atoms. The quantitative estimate of drug-likeness (QED) is 0.209. The van der Waals surface area contributed by atoms with Gasteiger partial charge in [0, 0.05) is 51.4 Å². The number of esters is 2. The first-order chi connectivity index (χ1) is 25.1. The highest BCUT2D eigenvalue weighted by Gasteiger charge is 2.70. The number of carbonyl (C=O) groups excluding carboxylic acids is 3. The maximum absolute atomic E-state index is 15.2. The van der Waals surface area contributed by atoms with Crippen LogP contribution in [-0.4, -0.2) is 82.4 Å². The lowest BCUT2D eigenvalue weighted by atomic mass is 9.50. The Morgan fingerprint density at radius 3 is 1.69 bits per heavy atom. The molecule has 54 heavy (non-hydrogen) atoms. The lowest BCUT2D eigenvalue weighted by Crippen LogP contribution is -2.65. The number of ether oxygens (including phenoxy) is 7. The number of hydrogen-bond donors (Lipinski definition) is 0. The van der Waals surface area contributed by atoms with E-state index in [1.165, 1.54) is 13.8 Å². The molecule has 4 saturated heterocycles. The van der Waals surface area contributed by atoms with Crippen molar-refractivity contribution in [3.05, 3.63) is 11.3 Å². The summed E-state index contributed by atoms with van der Waals surface area (Å²) in [5.74, 6) is -0.0130. The van der Waals surface area contributed by atoms with Crippen LogP contribution < -0.4 is 0 Å². The van der Waals surface area contributed by atoms with Gasteiger partial charge in [-0.1, -0.05) is 27.7 Å². The van der Waals surface area contributed by atoms with Crippen molar-refractivity contribution in [1.82, 2.24) is 0 Å². The van der Waals surface area contributed by atoms with Gasteiger partial charge in [-0.3, -0.25) is 14.4 Å². The minimum atomic E-state index is -1.18. The summed E-state index contributed by atoms with van der Waals surface area (Å²) in [7, 11) is 0. The Kier molecular flexibility index (Phi) is 8.20. The van der Waals surface area contributed by atoms with Crippen LogP contribution in [0.2, 0.25) is 0 Å². The molecule has 10 heteroatoms. The molecule has 4 bridgehead atoms. The van der Waals surface area contributed by atoms with Crippen LogP contribution in [-0.2, 0) is 47.5 Å². The maximum atomic E-state index is 15.2. The Labute approximate surface area is 321 Å². The molecule has 10 nitrogen and oxygen atoms in total. The molecule has 4 aliphatic carbocycles. The fraction of sp³-hybridized carbons (Fsp3) is 0.886. The van der Waals surface area contributed by atoms with Gasteiger partial charge in [0.1, 0.15) is 12.2 Å². The molecule has 0 unspecified atom stereocenters. The molecule has 9 aliphatic rings. The maximum Gasteiger partial charge on any atom is 0.302 e. The number of fused-ring (bicyclic) bond motifs is 10. The molecular formula is C44H64O10. The van der Waals surface area contributed by atoms with Crippen LogP contribution in [0.5, 0.6) is 0 Å². The second-order valence-corrected chi connectivity index (χ2v) is 21.2. The third kappa shape index (κ3) is 5.87. The molecule has 9 rings (SSSR count). The average molecular weight is 753 g/mol. The molecule has 0 aromatic heterocycles. The Morgan fingerprint density at radius 2 is 1.13 bits per heavy atom. The van der Waals surface area contributed by atoms with Gasteiger partial charge in [0.25, 0.3) is 0 Å². The van der Waals surface area contributed by atoms with Crippen molar-refractivity contribution in [2.75, 3.05) is 0 Å². The first-order valence-electron chi connectivity index (χ1n) is 21.1. The normalized spacial score (nSPS) is 52.4. The summed E-state index contributed by atoms with van der Waals surface area (Å²) in [6.45, 7) is 20.9. The zero-order chi connectivity index (χ0) is 38.6. The number of hydrogen-bond acceptors (Lipinski definition) is 10. The minimum absolute atomic E-state index is 0.0363.